The van der Waals surface area contributed by atoms with Crippen LogP contribution in [0, 0.1) is 5.82 Å². The highest BCUT2D eigenvalue weighted by Crippen LogP contribution is 2.14. The van der Waals surface area contributed by atoms with Gasteiger partial charge in [0, 0.05) is 24.0 Å². The SMILES string of the molecule is CN(Cc1cscn1)Cc1cc(C(=O)O)ccc1F. The van der Waals surface area contributed by atoms with E-state index in [2.05, 4.69) is 4.98 Å². The van der Waals surface area contributed by atoms with Crippen LogP contribution < -0.4 is 0 Å². The van der Waals surface area contributed by atoms with Crippen LogP contribution in [0.4, 0.5) is 4.39 Å². The second-order valence-corrected chi connectivity index (χ2v) is 4.98. The molecule has 0 radical (unpaired) electrons. The third kappa shape index (κ3) is 3.59. The molecule has 0 spiro atoms. The van der Waals surface area contributed by atoms with Crippen LogP contribution in [0.5, 0.6) is 0 Å². The molecule has 0 aliphatic rings. The van der Waals surface area contributed by atoms with Crippen LogP contribution in [-0.4, -0.2) is 28.0 Å². The summed E-state index contributed by atoms with van der Waals surface area (Å²) in [6.45, 7) is 0.935. The van der Waals surface area contributed by atoms with Crippen molar-refractivity contribution in [2.24, 2.45) is 0 Å². The van der Waals surface area contributed by atoms with E-state index in [-0.39, 0.29) is 5.56 Å². The van der Waals surface area contributed by atoms with Gasteiger partial charge in [0.25, 0.3) is 0 Å². The van der Waals surface area contributed by atoms with Crippen LogP contribution in [0.25, 0.3) is 0 Å². The fourth-order valence-electron chi connectivity index (χ4n) is 1.77. The zero-order valence-electron chi connectivity index (χ0n) is 10.3. The van der Waals surface area contributed by atoms with Crippen molar-refractivity contribution in [1.82, 2.24) is 9.88 Å². The molecule has 4 nitrogen and oxygen atoms in total. The van der Waals surface area contributed by atoms with Gasteiger partial charge in [0.2, 0.25) is 0 Å². The van der Waals surface area contributed by atoms with Gasteiger partial charge >= 0.3 is 5.97 Å². The first-order chi connectivity index (χ1) is 9.06. The molecule has 2 aromatic rings. The standard InChI is InChI=1S/C13H13FN2O2S/c1-16(6-11-7-19-8-15-11)5-10-4-9(13(17)18)2-3-12(10)14/h2-4,7-8H,5-6H2,1H3,(H,17,18). The molecule has 0 aliphatic carbocycles. The van der Waals surface area contributed by atoms with E-state index in [0.717, 1.165) is 5.69 Å². The van der Waals surface area contributed by atoms with Crippen LogP contribution >= 0.6 is 11.3 Å². The number of hydrogen-bond donors (Lipinski definition) is 1. The summed E-state index contributed by atoms with van der Waals surface area (Å²) in [5.74, 6) is -1.45. The summed E-state index contributed by atoms with van der Waals surface area (Å²) in [7, 11) is 1.84. The lowest BCUT2D eigenvalue weighted by Crippen LogP contribution is -2.18. The summed E-state index contributed by atoms with van der Waals surface area (Å²) in [5.41, 5.74) is 3.13. The predicted octanol–water partition coefficient (Wildman–Crippen LogP) is 2.61. The molecule has 1 aromatic heterocycles. The smallest absolute Gasteiger partial charge is 0.335 e. The fraction of sp³-hybridized carbons (Fsp3) is 0.231. The van der Waals surface area contributed by atoms with Gasteiger partial charge in [-0.1, -0.05) is 0 Å². The molecule has 1 aromatic carbocycles. The second-order valence-electron chi connectivity index (χ2n) is 4.26. The summed E-state index contributed by atoms with van der Waals surface area (Å²) >= 11 is 1.51. The van der Waals surface area contributed by atoms with Gasteiger partial charge in [0.1, 0.15) is 5.82 Å². The molecule has 6 heteroatoms. The first-order valence-electron chi connectivity index (χ1n) is 5.63. The van der Waals surface area contributed by atoms with Crippen LogP contribution in [0.2, 0.25) is 0 Å². The van der Waals surface area contributed by atoms with E-state index in [1.165, 1.54) is 29.5 Å². The van der Waals surface area contributed by atoms with Gasteiger partial charge in [-0.25, -0.2) is 14.2 Å². The van der Waals surface area contributed by atoms with Gasteiger partial charge in [0.05, 0.1) is 16.8 Å². The van der Waals surface area contributed by atoms with Crippen molar-refractivity contribution in [2.75, 3.05) is 7.05 Å². The van der Waals surface area contributed by atoms with E-state index in [1.807, 2.05) is 17.3 Å². The minimum Gasteiger partial charge on any atom is -0.478 e. The van der Waals surface area contributed by atoms with E-state index in [1.54, 1.807) is 5.51 Å². The van der Waals surface area contributed by atoms with Crippen molar-refractivity contribution in [3.05, 3.63) is 51.7 Å². The number of nitrogens with zero attached hydrogens (tertiary/aromatic N) is 2. The molecular weight excluding hydrogens is 267 g/mol. The molecule has 0 saturated carbocycles. The summed E-state index contributed by atoms with van der Waals surface area (Å²) in [5, 5.41) is 10.8. The Morgan fingerprint density at radius 2 is 2.26 bits per heavy atom. The van der Waals surface area contributed by atoms with Crippen LogP contribution in [-0.2, 0) is 13.1 Å². The topological polar surface area (TPSA) is 53.4 Å². The van der Waals surface area contributed by atoms with Crippen LogP contribution in [0.15, 0.2) is 29.1 Å². The number of aromatic nitrogens is 1. The zero-order chi connectivity index (χ0) is 13.8. The van der Waals surface area contributed by atoms with Gasteiger partial charge < -0.3 is 5.11 Å². The molecule has 0 saturated heterocycles. The third-order valence-electron chi connectivity index (χ3n) is 2.65. The molecule has 19 heavy (non-hydrogen) atoms. The Hall–Kier alpha value is -1.79. The molecule has 0 bridgehead atoms. The number of carbonyl (C=O) groups is 1. The zero-order valence-corrected chi connectivity index (χ0v) is 11.2. The Kier molecular flexibility index (Phi) is 4.24. The van der Waals surface area contributed by atoms with Crippen LogP contribution in [0.1, 0.15) is 21.6 Å². The first-order valence-corrected chi connectivity index (χ1v) is 6.58. The maximum atomic E-state index is 13.6. The molecule has 0 fully saturated rings. The lowest BCUT2D eigenvalue weighted by atomic mass is 10.1. The average Bonchev–Trinajstić information content (AvgIpc) is 2.84. The summed E-state index contributed by atoms with van der Waals surface area (Å²) < 4.78 is 13.6. The van der Waals surface area contributed by atoms with E-state index in [0.29, 0.717) is 18.7 Å². The number of hydrogen-bond acceptors (Lipinski definition) is 4. The lowest BCUT2D eigenvalue weighted by Gasteiger charge is -2.16. The number of carboxylic acids is 1. The Morgan fingerprint density at radius 3 is 2.89 bits per heavy atom. The molecule has 100 valence electrons. The highest BCUT2D eigenvalue weighted by Gasteiger charge is 2.11. The first kappa shape index (κ1) is 13.6. The van der Waals surface area contributed by atoms with Gasteiger partial charge in [-0.15, -0.1) is 11.3 Å². The summed E-state index contributed by atoms with van der Waals surface area (Å²) in [6, 6.07) is 3.83. The average molecular weight is 280 g/mol. The van der Waals surface area contributed by atoms with E-state index < -0.39 is 11.8 Å². The van der Waals surface area contributed by atoms with Gasteiger partial charge in [-0.2, -0.15) is 0 Å². The quantitative estimate of drug-likeness (QED) is 0.914. The van der Waals surface area contributed by atoms with Gasteiger partial charge in [-0.05, 0) is 25.2 Å². The summed E-state index contributed by atoms with van der Waals surface area (Å²) in [4.78, 5) is 16.9. The number of benzene rings is 1. The Labute approximate surface area is 114 Å². The third-order valence-corrected chi connectivity index (χ3v) is 3.28. The Balaban J connectivity index is 2.09. The molecule has 1 heterocycles. The highest BCUT2D eigenvalue weighted by atomic mass is 32.1. The molecule has 0 amide bonds. The Morgan fingerprint density at radius 1 is 1.47 bits per heavy atom. The Bertz CT molecular complexity index is 572. The second kappa shape index (κ2) is 5.90. The van der Waals surface area contributed by atoms with E-state index in [4.69, 9.17) is 5.11 Å². The molecule has 1 N–H and O–H groups in total. The number of aromatic carboxylic acids is 1. The molecule has 0 atom stereocenters. The van der Waals surface area contributed by atoms with Gasteiger partial charge in [0.15, 0.2) is 0 Å². The van der Waals surface area contributed by atoms with Crippen molar-refractivity contribution in [3.8, 4) is 0 Å². The molecule has 2 rings (SSSR count). The minimum atomic E-state index is -1.05. The van der Waals surface area contributed by atoms with Crippen molar-refractivity contribution in [2.45, 2.75) is 13.1 Å². The lowest BCUT2D eigenvalue weighted by molar-refractivity contribution is 0.0696. The van der Waals surface area contributed by atoms with Crippen molar-refractivity contribution < 1.29 is 14.3 Å². The van der Waals surface area contributed by atoms with E-state index in [9.17, 15) is 9.18 Å². The fourth-order valence-corrected chi connectivity index (χ4v) is 2.32. The maximum Gasteiger partial charge on any atom is 0.335 e. The monoisotopic (exact) mass is 280 g/mol. The number of halogens is 1. The van der Waals surface area contributed by atoms with Crippen molar-refractivity contribution in [1.29, 1.82) is 0 Å². The minimum absolute atomic E-state index is 0.0958. The number of thiazole rings is 1. The molecule has 0 unspecified atom stereocenters. The molecular formula is C13H13FN2O2S. The van der Waals surface area contributed by atoms with Crippen LogP contribution in [0.3, 0.4) is 0 Å². The largest absolute Gasteiger partial charge is 0.478 e. The van der Waals surface area contributed by atoms with Gasteiger partial charge in [-0.3, -0.25) is 4.90 Å². The van der Waals surface area contributed by atoms with Crippen molar-refractivity contribution >= 4 is 17.3 Å². The summed E-state index contributed by atoms with van der Waals surface area (Å²) in [6.07, 6.45) is 0. The highest BCUT2D eigenvalue weighted by molar-refractivity contribution is 7.07. The molecule has 0 aliphatic heterocycles. The number of carboxylic acid groups (broad SMARTS) is 1. The van der Waals surface area contributed by atoms with Crippen molar-refractivity contribution in [3.63, 3.8) is 0 Å². The predicted molar refractivity (Wildman–Crippen MR) is 70.6 cm³/mol. The normalized spacial score (nSPS) is 10.9. The maximum absolute atomic E-state index is 13.6. The van der Waals surface area contributed by atoms with E-state index >= 15 is 0 Å². The number of rotatable bonds is 5.